The topological polar surface area (TPSA) is 89.6 Å². The van der Waals surface area contributed by atoms with Crippen molar-refractivity contribution >= 4 is 11.9 Å². The van der Waals surface area contributed by atoms with Gasteiger partial charge in [-0.25, -0.2) is 8.78 Å². The van der Waals surface area contributed by atoms with Gasteiger partial charge in [-0.05, 0) is 91.3 Å². The number of fused-ring (bicyclic) bond motifs is 5. The summed E-state index contributed by atoms with van der Waals surface area (Å²) in [5.74, 6) is -4.46. The van der Waals surface area contributed by atoms with E-state index in [-0.39, 0.29) is 29.6 Å². The molecule has 4 aliphatic carbocycles. The Labute approximate surface area is 208 Å². The standard InChI is InChI=1S/C28H45F2NO4/c1-6-17-24(34)23-19-9-8-18(15(2)7-10-22(31)33)26(19,4)13-11-20(23)27(5)14-12-21(35-16(3)32)28(29,30)25(17)27/h15,17-21,23-25,34H,6-14H2,1-5H3,(H2,31,33)/t15-,17+,18?,19?,20?,21-,23?,24-,25+,26-,27-/m1/s1. The number of carbonyl (C=O) groups excluding carboxylic acids is 2. The van der Waals surface area contributed by atoms with Crippen LogP contribution < -0.4 is 5.73 Å². The van der Waals surface area contributed by atoms with Crippen LogP contribution in [0.5, 0.6) is 0 Å². The second-order valence-corrected chi connectivity index (χ2v) is 12.9. The van der Waals surface area contributed by atoms with Gasteiger partial charge < -0.3 is 15.6 Å². The predicted molar refractivity (Wildman–Crippen MR) is 129 cm³/mol. The van der Waals surface area contributed by atoms with Crippen molar-refractivity contribution in [3.63, 3.8) is 0 Å². The maximum Gasteiger partial charge on any atom is 0.303 e. The van der Waals surface area contributed by atoms with E-state index in [2.05, 4.69) is 13.8 Å². The zero-order chi connectivity index (χ0) is 25.9. The lowest BCUT2D eigenvalue weighted by Gasteiger charge is -2.66. The lowest BCUT2D eigenvalue weighted by molar-refractivity contribution is -0.289. The summed E-state index contributed by atoms with van der Waals surface area (Å²) in [5, 5.41) is 11.8. The van der Waals surface area contributed by atoms with Gasteiger partial charge in [0.25, 0.3) is 5.92 Å². The van der Waals surface area contributed by atoms with E-state index in [0.717, 1.165) is 32.1 Å². The van der Waals surface area contributed by atoms with Crippen LogP contribution in [-0.4, -0.2) is 35.1 Å². The highest BCUT2D eigenvalue weighted by Gasteiger charge is 2.71. The third-order valence-corrected chi connectivity index (χ3v) is 11.3. The molecular weight excluding hydrogens is 452 g/mol. The van der Waals surface area contributed by atoms with E-state index < -0.39 is 41.4 Å². The molecular formula is C28H45F2NO4. The van der Waals surface area contributed by atoms with Gasteiger partial charge in [-0.3, -0.25) is 9.59 Å². The second kappa shape index (κ2) is 9.25. The van der Waals surface area contributed by atoms with Crippen LogP contribution in [0, 0.1) is 52.3 Å². The first-order valence-corrected chi connectivity index (χ1v) is 13.8. The summed E-state index contributed by atoms with van der Waals surface area (Å²) in [6, 6.07) is 0. The average Bonchev–Trinajstić information content (AvgIpc) is 3.12. The third-order valence-electron chi connectivity index (χ3n) is 11.3. The van der Waals surface area contributed by atoms with Gasteiger partial charge in [0, 0.05) is 19.3 Å². The number of nitrogens with two attached hydrogens (primary N) is 1. The summed E-state index contributed by atoms with van der Waals surface area (Å²) >= 11 is 0. The molecule has 11 atom stereocenters. The van der Waals surface area contributed by atoms with Crippen molar-refractivity contribution in [2.24, 2.45) is 58.0 Å². The van der Waals surface area contributed by atoms with E-state index in [1.807, 2.05) is 13.8 Å². The van der Waals surface area contributed by atoms with E-state index in [9.17, 15) is 14.7 Å². The zero-order valence-corrected chi connectivity index (χ0v) is 22.1. The van der Waals surface area contributed by atoms with Crippen molar-refractivity contribution in [3.05, 3.63) is 0 Å². The number of rotatable bonds is 6. The minimum atomic E-state index is -3.16. The molecule has 0 aliphatic heterocycles. The quantitative estimate of drug-likeness (QED) is 0.485. The largest absolute Gasteiger partial charge is 0.456 e. The highest BCUT2D eigenvalue weighted by molar-refractivity contribution is 5.73. The summed E-state index contributed by atoms with van der Waals surface area (Å²) in [7, 11) is 0. The van der Waals surface area contributed by atoms with Crippen LogP contribution in [0.1, 0.15) is 92.4 Å². The Balaban J connectivity index is 1.66. The first-order chi connectivity index (χ1) is 16.3. The number of hydrogen-bond donors (Lipinski definition) is 2. The number of aliphatic hydroxyl groups is 1. The molecule has 1 amide bonds. The van der Waals surface area contributed by atoms with Gasteiger partial charge in [0.15, 0.2) is 6.10 Å². The van der Waals surface area contributed by atoms with Crippen molar-refractivity contribution in [3.8, 4) is 0 Å². The number of carbonyl (C=O) groups is 2. The maximum absolute atomic E-state index is 16.0. The third kappa shape index (κ3) is 4.12. The Morgan fingerprint density at radius 3 is 2.31 bits per heavy atom. The summed E-state index contributed by atoms with van der Waals surface area (Å²) < 4.78 is 37.2. The molecule has 4 aliphatic rings. The normalized spacial score (nSPS) is 47.2. The van der Waals surface area contributed by atoms with Crippen molar-refractivity contribution in [2.45, 2.75) is 111 Å². The van der Waals surface area contributed by atoms with Crippen LogP contribution in [0.25, 0.3) is 0 Å². The number of amides is 1. The summed E-state index contributed by atoms with van der Waals surface area (Å²) in [5.41, 5.74) is 4.86. The highest BCUT2D eigenvalue weighted by Crippen LogP contribution is 2.71. The van der Waals surface area contributed by atoms with Gasteiger partial charge in [0.1, 0.15) is 0 Å². The number of aliphatic hydroxyl groups excluding tert-OH is 1. The molecule has 0 saturated heterocycles. The molecule has 0 spiro atoms. The second-order valence-electron chi connectivity index (χ2n) is 12.9. The van der Waals surface area contributed by atoms with E-state index in [0.29, 0.717) is 37.0 Å². The molecule has 35 heavy (non-hydrogen) atoms. The fraction of sp³-hybridized carbons (Fsp3) is 0.929. The van der Waals surface area contributed by atoms with E-state index >= 15 is 8.78 Å². The fourth-order valence-electron chi connectivity index (χ4n) is 9.90. The van der Waals surface area contributed by atoms with Crippen LogP contribution >= 0.6 is 0 Å². The minimum Gasteiger partial charge on any atom is -0.456 e. The van der Waals surface area contributed by atoms with Crippen LogP contribution in [0.4, 0.5) is 8.78 Å². The highest BCUT2D eigenvalue weighted by atomic mass is 19.3. The number of hydrogen-bond acceptors (Lipinski definition) is 4. The summed E-state index contributed by atoms with van der Waals surface area (Å²) in [6.07, 6.45) is 4.09. The fourth-order valence-corrected chi connectivity index (χ4v) is 9.90. The van der Waals surface area contributed by atoms with Crippen molar-refractivity contribution in [1.29, 1.82) is 0 Å². The van der Waals surface area contributed by atoms with Crippen molar-refractivity contribution in [1.82, 2.24) is 0 Å². The Hall–Kier alpha value is -1.24. The molecule has 7 heteroatoms. The maximum atomic E-state index is 16.0. The Morgan fingerprint density at radius 2 is 1.71 bits per heavy atom. The molecule has 200 valence electrons. The lowest BCUT2D eigenvalue weighted by atomic mass is 9.40. The molecule has 4 fully saturated rings. The van der Waals surface area contributed by atoms with Gasteiger partial charge in [-0.1, -0.05) is 34.1 Å². The van der Waals surface area contributed by atoms with Gasteiger partial charge in [0.05, 0.1) is 6.10 Å². The molecule has 4 saturated carbocycles. The summed E-state index contributed by atoms with van der Waals surface area (Å²) in [6.45, 7) is 9.70. The first kappa shape index (κ1) is 26.8. The van der Waals surface area contributed by atoms with Crippen LogP contribution in [0.3, 0.4) is 0 Å². The predicted octanol–water partition coefficient (Wildman–Crippen LogP) is 5.33. The van der Waals surface area contributed by atoms with Gasteiger partial charge >= 0.3 is 5.97 Å². The SMILES string of the molecule is CC[C@@H]1[C@@H]2C(F)(F)[C@H](OC(C)=O)CC[C@]2(C)C2CC[C@@]3(C)C(CCC3[C@H](C)CCC(N)=O)C2[C@@H]1O. The molecule has 0 aromatic rings. The molecule has 0 heterocycles. The Kier molecular flexibility index (Phi) is 7.09. The van der Waals surface area contributed by atoms with Gasteiger partial charge in [-0.2, -0.15) is 0 Å². The van der Waals surface area contributed by atoms with Crippen LogP contribution in [-0.2, 0) is 14.3 Å². The molecule has 0 bridgehead atoms. The Morgan fingerprint density at radius 1 is 1.09 bits per heavy atom. The molecule has 0 aromatic heterocycles. The molecule has 0 radical (unpaired) electrons. The van der Waals surface area contributed by atoms with Gasteiger partial charge in [-0.15, -0.1) is 0 Å². The van der Waals surface area contributed by atoms with E-state index in [4.69, 9.17) is 10.5 Å². The van der Waals surface area contributed by atoms with E-state index in [1.165, 1.54) is 6.92 Å². The number of esters is 1. The minimum absolute atomic E-state index is 0.00867. The number of halogens is 2. The molecule has 3 N–H and O–H groups in total. The van der Waals surface area contributed by atoms with Crippen LogP contribution in [0.15, 0.2) is 0 Å². The van der Waals surface area contributed by atoms with Crippen LogP contribution in [0.2, 0.25) is 0 Å². The monoisotopic (exact) mass is 497 g/mol. The lowest BCUT2D eigenvalue weighted by Crippen LogP contribution is -2.68. The molecule has 0 aromatic carbocycles. The van der Waals surface area contributed by atoms with Gasteiger partial charge in [0.2, 0.25) is 5.91 Å². The first-order valence-electron chi connectivity index (χ1n) is 13.8. The molecule has 5 nitrogen and oxygen atoms in total. The average molecular weight is 498 g/mol. The number of ether oxygens (including phenoxy) is 1. The molecule has 4 rings (SSSR count). The Bertz CT molecular complexity index is 836. The summed E-state index contributed by atoms with van der Waals surface area (Å²) in [4.78, 5) is 23.0. The van der Waals surface area contributed by atoms with Crippen molar-refractivity contribution < 1.29 is 28.2 Å². The zero-order valence-electron chi connectivity index (χ0n) is 22.1. The number of alkyl halides is 2. The number of primary amides is 1. The smallest absolute Gasteiger partial charge is 0.303 e. The molecule has 4 unspecified atom stereocenters. The van der Waals surface area contributed by atoms with Crippen molar-refractivity contribution in [2.75, 3.05) is 0 Å². The van der Waals surface area contributed by atoms with E-state index in [1.54, 1.807) is 0 Å².